The monoisotopic (exact) mass is 346 g/mol. The molecule has 0 heterocycles. The Hall–Kier alpha value is -1.66. The Bertz CT molecular complexity index is 346. The van der Waals surface area contributed by atoms with Gasteiger partial charge >= 0.3 is 11.9 Å². The maximum atomic E-state index is 9.60. The van der Waals surface area contributed by atoms with E-state index in [2.05, 4.69) is 13.2 Å². The summed E-state index contributed by atoms with van der Waals surface area (Å²) in [5.74, 6) is -1.87. The van der Waals surface area contributed by atoms with Gasteiger partial charge < -0.3 is 20.4 Å². The second kappa shape index (κ2) is 12.7. The SMILES string of the molecule is C=C(C)C(=O)O.C=C(C)C(=O)O.CC(C)(O)CCCCC(C)(C)O. The average Bonchev–Trinajstić information content (AvgIpc) is 2.33. The normalized spacial score (nSPS) is 10.5. The number of carboxylic acid groups (broad SMARTS) is 2. The van der Waals surface area contributed by atoms with Gasteiger partial charge in [-0.25, -0.2) is 9.59 Å². The van der Waals surface area contributed by atoms with Crippen LogP contribution in [-0.2, 0) is 9.59 Å². The van der Waals surface area contributed by atoms with Gasteiger partial charge in [0.2, 0.25) is 0 Å². The van der Waals surface area contributed by atoms with Gasteiger partial charge in [-0.3, -0.25) is 0 Å². The zero-order valence-corrected chi connectivity index (χ0v) is 15.8. The van der Waals surface area contributed by atoms with Gasteiger partial charge in [0.1, 0.15) is 0 Å². The number of aliphatic hydroxyl groups is 2. The number of hydrogen-bond acceptors (Lipinski definition) is 4. The van der Waals surface area contributed by atoms with Crippen LogP contribution >= 0.6 is 0 Å². The lowest BCUT2D eigenvalue weighted by molar-refractivity contribution is -0.133. The van der Waals surface area contributed by atoms with Gasteiger partial charge in [-0.1, -0.05) is 26.0 Å². The maximum absolute atomic E-state index is 9.60. The molecule has 0 aromatic rings. The molecule has 0 fully saturated rings. The lowest BCUT2D eigenvalue weighted by Crippen LogP contribution is -2.20. The van der Waals surface area contributed by atoms with Gasteiger partial charge in [0, 0.05) is 11.1 Å². The molecule has 0 amide bonds. The van der Waals surface area contributed by atoms with Crippen LogP contribution < -0.4 is 0 Å². The fourth-order valence-electron chi connectivity index (χ4n) is 1.12. The van der Waals surface area contributed by atoms with Crippen LogP contribution in [0.3, 0.4) is 0 Å². The zero-order chi connectivity index (χ0) is 20.1. The van der Waals surface area contributed by atoms with Crippen LogP contribution in [0.1, 0.15) is 67.2 Å². The molecule has 0 aromatic carbocycles. The minimum absolute atomic E-state index is 0.176. The van der Waals surface area contributed by atoms with E-state index in [1.807, 2.05) is 27.7 Å². The summed E-state index contributed by atoms with van der Waals surface area (Å²) in [6, 6.07) is 0. The fourth-order valence-corrected chi connectivity index (χ4v) is 1.12. The Balaban J connectivity index is -0.000000309. The van der Waals surface area contributed by atoms with Gasteiger partial charge in [-0.05, 0) is 54.4 Å². The molecule has 6 nitrogen and oxygen atoms in total. The van der Waals surface area contributed by atoms with E-state index < -0.39 is 23.1 Å². The molecule has 0 saturated carbocycles. The third-order valence-electron chi connectivity index (χ3n) is 2.56. The summed E-state index contributed by atoms with van der Waals surface area (Å²) in [5.41, 5.74) is -0.760. The summed E-state index contributed by atoms with van der Waals surface area (Å²) in [7, 11) is 0. The van der Waals surface area contributed by atoms with Crippen LogP contribution in [0, 0.1) is 0 Å². The Labute approximate surface area is 145 Å². The highest BCUT2D eigenvalue weighted by Gasteiger charge is 2.14. The lowest BCUT2D eigenvalue weighted by atomic mass is 9.96. The number of hydrogen-bond donors (Lipinski definition) is 4. The van der Waals surface area contributed by atoms with E-state index in [1.165, 1.54) is 13.8 Å². The lowest BCUT2D eigenvalue weighted by Gasteiger charge is -2.19. The van der Waals surface area contributed by atoms with Crippen molar-refractivity contribution in [2.45, 2.75) is 78.4 Å². The van der Waals surface area contributed by atoms with Crippen molar-refractivity contribution in [1.29, 1.82) is 0 Å². The van der Waals surface area contributed by atoms with Crippen LogP contribution in [-0.4, -0.2) is 43.6 Å². The third kappa shape index (κ3) is 32.3. The smallest absolute Gasteiger partial charge is 0.330 e. The van der Waals surface area contributed by atoms with Gasteiger partial charge in [-0.2, -0.15) is 0 Å². The van der Waals surface area contributed by atoms with Crippen molar-refractivity contribution in [3.05, 3.63) is 24.3 Å². The molecule has 0 rings (SSSR count). The van der Waals surface area contributed by atoms with E-state index >= 15 is 0 Å². The summed E-state index contributed by atoms with van der Waals surface area (Å²) >= 11 is 0. The molecular formula is C18H34O6. The molecule has 6 heteroatoms. The minimum atomic E-state index is -0.935. The molecule has 0 aliphatic heterocycles. The Kier molecular flexibility index (Phi) is 14.4. The number of carboxylic acids is 2. The van der Waals surface area contributed by atoms with Crippen molar-refractivity contribution in [1.82, 2.24) is 0 Å². The third-order valence-corrected chi connectivity index (χ3v) is 2.56. The van der Waals surface area contributed by atoms with Crippen molar-refractivity contribution < 1.29 is 30.0 Å². The first kappa shape index (κ1) is 27.2. The van der Waals surface area contributed by atoms with Crippen LogP contribution in [0.15, 0.2) is 24.3 Å². The van der Waals surface area contributed by atoms with E-state index in [4.69, 9.17) is 10.2 Å². The van der Waals surface area contributed by atoms with Crippen molar-refractivity contribution >= 4 is 11.9 Å². The zero-order valence-electron chi connectivity index (χ0n) is 15.8. The van der Waals surface area contributed by atoms with Crippen molar-refractivity contribution in [2.24, 2.45) is 0 Å². The van der Waals surface area contributed by atoms with E-state index in [0.29, 0.717) is 0 Å². The van der Waals surface area contributed by atoms with Crippen LogP contribution in [0.2, 0.25) is 0 Å². The molecule has 0 aromatic heterocycles. The molecule has 24 heavy (non-hydrogen) atoms. The fraction of sp³-hybridized carbons (Fsp3) is 0.667. The number of rotatable bonds is 7. The minimum Gasteiger partial charge on any atom is -0.478 e. The maximum Gasteiger partial charge on any atom is 0.330 e. The summed E-state index contributed by atoms with van der Waals surface area (Å²) in [6.07, 6.45) is 3.58. The van der Waals surface area contributed by atoms with E-state index in [9.17, 15) is 19.8 Å². The van der Waals surface area contributed by atoms with Crippen LogP contribution in [0.4, 0.5) is 0 Å². The molecule has 0 aliphatic rings. The second-order valence-electron chi connectivity index (χ2n) is 7.00. The predicted molar refractivity (Wildman–Crippen MR) is 96.0 cm³/mol. The largest absolute Gasteiger partial charge is 0.478 e. The second-order valence-corrected chi connectivity index (χ2v) is 7.00. The Morgan fingerprint density at radius 1 is 0.750 bits per heavy atom. The quantitative estimate of drug-likeness (QED) is 0.415. The molecule has 4 N–H and O–H groups in total. The van der Waals surface area contributed by atoms with Gasteiger partial charge in [0.25, 0.3) is 0 Å². The summed E-state index contributed by atoms with van der Waals surface area (Å²) in [6.45, 7) is 16.5. The molecule has 0 aliphatic carbocycles. The van der Waals surface area contributed by atoms with E-state index in [-0.39, 0.29) is 11.1 Å². The number of unbranched alkanes of at least 4 members (excludes halogenated alkanes) is 1. The van der Waals surface area contributed by atoms with Gasteiger partial charge in [-0.15, -0.1) is 0 Å². The Morgan fingerprint density at radius 2 is 0.917 bits per heavy atom. The van der Waals surface area contributed by atoms with E-state index in [0.717, 1.165) is 25.7 Å². The summed E-state index contributed by atoms with van der Waals surface area (Å²) in [4.78, 5) is 19.2. The molecule has 142 valence electrons. The highest BCUT2D eigenvalue weighted by molar-refractivity contribution is 5.85. The molecular weight excluding hydrogens is 312 g/mol. The molecule has 0 saturated heterocycles. The van der Waals surface area contributed by atoms with Crippen molar-refractivity contribution in [2.75, 3.05) is 0 Å². The topological polar surface area (TPSA) is 115 Å². The molecule has 0 radical (unpaired) electrons. The van der Waals surface area contributed by atoms with E-state index in [1.54, 1.807) is 0 Å². The number of carbonyl (C=O) groups is 2. The molecule has 0 bridgehead atoms. The van der Waals surface area contributed by atoms with Crippen LogP contribution in [0.25, 0.3) is 0 Å². The predicted octanol–water partition coefficient (Wildman–Crippen LogP) is 3.38. The van der Waals surface area contributed by atoms with Crippen molar-refractivity contribution in [3.8, 4) is 0 Å². The average molecular weight is 346 g/mol. The van der Waals surface area contributed by atoms with Crippen LogP contribution in [0.5, 0.6) is 0 Å². The van der Waals surface area contributed by atoms with Gasteiger partial charge in [0.05, 0.1) is 11.2 Å². The first-order valence-corrected chi connectivity index (χ1v) is 7.72. The highest BCUT2D eigenvalue weighted by Crippen LogP contribution is 2.17. The summed E-state index contributed by atoms with van der Waals surface area (Å²) in [5, 5.41) is 34.6. The molecule has 0 atom stereocenters. The number of aliphatic carboxylic acids is 2. The van der Waals surface area contributed by atoms with Gasteiger partial charge in [0.15, 0.2) is 0 Å². The summed E-state index contributed by atoms with van der Waals surface area (Å²) < 4.78 is 0. The molecule has 0 spiro atoms. The first-order valence-electron chi connectivity index (χ1n) is 7.72. The Morgan fingerprint density at radius 3 is 1.00 bits per heavy atom. The standard InChI is InChI=1S/C10H22O2.2C4H6O2/c1-9(2,11)7-5-6-8-10(3,4)12;2*1-3(2)4(5)6/h11-12H,5-8H2,1-4H3;2*1H2,2H3,(H,5,6). The first-order chi connectivity index (χ1) is 10.5. The highest BCUT2D eigenvalue weighted by atomic mass is 16.4. The van der Waals surface area contributed by atoms with Crippen molar-refractivity contribution in [3.63, 3.8) is 0 Å². The molecule has 0 unspecified atom stereocenters.